The van der Waals surface area contributed by atoms with Crippen molar-refractivity contribution < 1.29 is 14.0 Å². The highest BCUT2D eigenvalue weighted by Gasteiger charge is 2.48. The van der Waals surface area contributed by atoms with Crippen molar-refractivity contribution in [2.75, 3.05) is 0 Å². The zero-order valence-corrected chi connectivity index (χ0v) is 19.4. The van der Waals surface area contributed by atoms with Crippen molar-refractivity contribution in [1.82, 2.24) is 20.0 Å². The SMILES string of the molecule is C[C@@]1(C(=O)NCc2ccccc2)Cn2nc(-c3cccs3)cc2C(=O)N1Cc1cccc(F)c1. The second kappa shape index (κ2) is 8.87. The van der Waals surface area contributed by atoms with E-state index in [0.717, 1.165) is 10.4 Å². The van der Waals surface area contributed by atoms with E-state index in [0.29, 0.717) is 23.5 Å². The minimum absolute atomic E-state index is 0.103. The number of halogens is 1. The first-order valence-electron chi connectivity index (χ1n) is 10.9. The predicted molar refractivity (Wildman–Crippen MR) is 129 cm³/mol. The number of thiophene rings is 1. The normalized spacial score (nSPS) is 17.5. The Morgan fingerprint density at radius 1 is 1.09 bits per heavy atom. The van der Waals surface area contributed by atoms with E-state index < -0.39 is 5.54 Å². The van der Waals surface area contributed by atoms with Crippen molar-refractivity contribution in [2.24, 2.45) is 0 Å². The maximum Gasteiger partial charge on any atom is 0.273 e. The Bertz CT molecular complexity index is 1340. The van der Waals surface area contributed by atoms with E-state index in [-0.39, 0.29) is 30.7 Å². The second-order valence-electron chi connectivity index (χ2n) is 8.51. The van der Waals surface area contributed by atoms with Gasteiger partial charge >= 0.3 is 0 Å². The molecule has 1 N–H and O–H groups in total. The number of carbonyl (C=O) groups excluding carboxylic acids is 2. The first-order chi connectivity index (χ1) is 16.4. The third-order valence-electron chi connectivity index (χ3n) is 6.09. The minimum atomic E-state index is -1.22. The molecular formula is C26H23FN4O2S. The third kappa shape index (κ3) is 4.12. The monoisotopic (exact) mass is 474 g/mol. The zero-order valence-electron chi connectivity index (χ0n) is 18.6. The van der Waals surface area contributed by atoms with Gasteiger partial charge in [0.1, 0.15) is 22.7 Å². The molecule has 0 unspecified atom stereocenters. The van der Waals surface area contributed by atoms with Gasteiger partial charge in [-0.1, -0.05) is 48.5 Å². The molecule has 2 amide bonds. The summed E-state index contributed by atoms with van der Waals surface area (Å²) in [5.74, 6) is -0.995. The predicted octanol–water partition coefficient (Wildman–Crippen LogP) is 4.48. The molecule has 0 aliphatic carbocycles. The van der Waals surface area contributed by atoms with Crippen LogP contribution in [0.2, 0.25) is 0 Å². The van der Waals surface area contributed by atoms with Crippen LogP contribution >= 0.6 is 11.3 Å². The van der Waals surface area contributed by atoms with Crippen LogP contribution in [0, 0.1) is 5.82 Å². The summed E-state index contributed by atoms with van der Waals surface area (Å²) in [5.41, 5.74) is 1.45. The number of benzene rings is 2. The Morgan fingerprint density at radius 3 is 2.62 bits per heavy atom. The topological polar surface area (TPSA) is 67.2 Å². The van der Waals surface area contributed by atoms with Gasteiger partial charge in [-0.25, -0.2) is 4.39 Å². The lowest BCUT2D eigenvalue weighted by Crippen LogP contribution is -2.63. The highest BCUT2D eigenvalue weighted by molar-refractivity contribution is 7.13. The molecule has 0 saturated carbocycles. The average Bonchev–Trinajstić information content (AvgIpc) is 3.51. The van der Waals surface area contributed by atoms with Crippen LogP contribution in [0.4, 0.5) is 4.39 Å². The van der Waals surface area contributed by atoms with Crippen LogP contribution in [0.5, 0.6) is 0 Å². The summed E-state index contributed by atoms with van der Waals surface area (Å²) in [6, 6.07) is 21.3. The van der Waals surface area contributed by atoms with E-state index in [1.165, 1.54) is 28.4 Å². The average molecular weight is 475 g/mol. The van der Waals surface area contributed by atoms with E-state index in [2.05, 4.69) is 10.4 Å². The molecule has 8 heteroatoms. The summed E-state index contributed by atoms with van der Waals surface area (Å²) in [7, 11) is 0. The number of carbonyl (C=O) groups is 2. The molecule has 172 valence electrons. The van der Waals surface area contributed by atoms with E-state index in [1.807, 2.05) is 47.8 Å². The molecule has 0 bridgehead atoms. The molecule has 1 aliphatic rings. The van der Waals surface area contributed by atoms with Gasteiger partial charge in [-0.05, 0) is 47.7 Å². The fraction of sp³-hybridized carbons (Fsp3) is 0.192. The number of fused-ring (bicyclic) bond motifs is 1. The molecule has 2 aromatic heterocycles. The van der Waals surface area contributed by atoms with Gasteiger partial charge in [-0.3, -0.25) is 14.3 Å². The Hall–Kier alpha value is -3.78. The van der Waals surface area contributed by atoms with Gasteiger partial charge in [-0.15, -0.1) is 11.3 Å². The van der Waals surface area contributed by atoms with Crippen LogP contribution in [-0.4, -0.2) is 32.0 Å². The molecule has 0 spiro atoms. The highest BCUT2D eigenvalue weighted by atomic mass is 32.1. The molecule has 1 aliphatic heterocycles. The Labute approximate surface area is 200 Å². The van der Waals surface area contributed by atoms with Crippen molar-refractivity contribution in [3.05, 3.63) is 101 Å². The summed E-state index contributed by atoms with van der Waals surface area (Å²) in [6.45, 7) is 2.37. The Morgan fingerprint density at radius 2 is 1.88 bits per heavy atom. The van der Waals surface area contributed by atoms with Crippen LogP contribution in [-0.2, 0) is 24.4 Å². The highest BCUT2D eigenvalue weighted by Crippen LogP contribution is 2.32. The minimum Gasteiger partial charge on any atom is -0.350 e. The van der Waals surface area contributed by atoms with E-state index in [4.69, 9.17) is 0 Å². The first-order valence-corrected chi connectivity index (χ1v) is 11.8. The number of nitrogens with one attached hydrogen (secondary N) is 1. The van der Waals surface area contributed by atoms with Crippen molar-refractivity contribution in [1.29, 1.82) is 0 Å². The molecule has 4 aromatic rings. The zero-order chi connectivity index (χ0) is 23.7. The fourth-order valence-electron chi connectivity index (χ4n) is 4.22. The van der Waals surface area contributed by atoms with Crippen LogP contribution in [0.15, 0.2) is 78.2 Å². The molecule has 0 radical (unpaired) electrons. The number of amides is 2. The number of hydrogen-bond donors (Lipinski definition) is 1. The summed E-state index contributed by atoms with van der Waals surface area (Å²) < 4.78 is 15.5. The quantitative estimate of drug-likeness (QED) is 0.448. The summed E-state index contributed by atoms with van der Waals surface area (Å²) in [4.78, 5) is 29.7. The van der Waals surface area contributed by atoms with Gasteiger partial charge in [0.05, 0.1) is 11.4 Å². The lowest BCUT2D eigenvalue weighted by Gasteiger charge is -2.43. The van der Waals surface area contributed by atoms with E-state index >= 15 is 0 Å². The molecule has 5 rings (SSSR count). The fourth-order valence-corrected chi connectivity index (χ4v) is 4.90. The lowest BCUT2D eigenvalue weighted by molar-refractivity contribution is -0.133. The van der Waals surface area contributed by atoms with Gasteiger partial charge in [-0.2, -0.15) is 5.10 Å². The summed E-state index contributed by atoms with van der Waals surface area (Å²) in [6.07, 6.45) is 0. The molecule has 3 heterocycles. The molecule has 0 saturated heterocycles. The van der Waals surface area contributed by atoms with Gasteiger partial charge in [0.2, 0.25) is 5.91 Å². The molecule has 34 heavy (non-hydrogen) atoms. The van der Waals surface area contributed by atoms with Gasteiger partial charge in [0.15, 0.2) is 0 Å². The maximum absolute atomic E-state index is 13.9. The van der Waals surface area contributed by atoms with Crippen molar-refractivity contribution >= 4 is 23.2 Å². The first kappa shape index (κ1) is 22.0. The van der Waals surface area contributed by atoms with Crippen LogP contribution in [0.3, 0.4) is 0 Å². The molecule has 1 atom stereocenters. The lowest BCUT2D eigenvalue weighted by atomic mass is 9.94. The molecule has 0 fully saturated rings. The molecule has 6 nitrogen and oxygen atoms in total. The Balaban J connectivity index is 1.50. The smallest absolute Gasteiger partial charge is 0.273 e. The van der Waals surface area contributed by atoms with E-state index in [9.17, 15) is 14.0 Å². The van der Waals surface area contributed by atoms with Crippen molar-refractivity contribution in [3.63, 3.8) is 0 Å². The largest absolute Gasteiger partial charge is 0.350 e. The molecule has 2 aromatic carbocycles. The van der Waals surface area contributed by atoms with E-state index in [1.54, 1.807) is 29.8 Å². The summed E-state index contributed by atoms with van der Waals surface area (Å²) >= 11 is 1.54. The second-order valence-corrected chi connectivity index (χ2v) is 9.46. The number of hydrogen-bond acceptors (Lipinski definition) is 4. The maximum atomic E-state index is 13.9. The van der Waals surface area contributed by atoms with Gasteiger partial charge < -0.3 is 10.2 Å². The Kier molecular flexibility index (Phi) is 5.75. The summed E-state index contributed by atoms with van der Waals surface area (Å²) in [5, 5.41) is 9.56. The number of rotatable bonds is 6. The van der Waals surface area contributed by atoms with Crippen LogP contribution in [0.25, 0.3) is 10.6 Å². The third-order valence-corrected chi connectivity index (χ3v) is 6.98. The van der Waals surface area contributed by atoms with Crippen molar-refractivity contribution in [3.8, 4) is 10.6 Å². The van der Waals surface area contributed by atoms with Gasteiger partial charge in [0.25, 0.3) is 5.91 Å². The standard InChI is InChI=1S/C26H23FN4O2S/c1-26(25(33)28-15-18-7-3-2-4-8-18)17-31-22(14-21(29-31)23-11-6-12-34-23)24(32)30(26)16-19-9-5-10-20(27)13-19/h2-14H,15-17H2,1H3,(H,28,33)/t26-/m0/s1. The molecular weight excluding hydrogens is 451 g/mol. The van der Waals surface area contributed by atoms with Gasteiger partial charge in [0, 0.05) is 13.1 Å². The number of nitrogens with zero attached hydrogens (tertiary/aromatic N) is 3. The number of aromatic nitrogens is 2. The van der Waals surface area contributed by atoms with Crippen LogP contribution < -0.4 is 5.32 Å². The van der Waals surface area contributed by atoms with Crippen LogP contribution in [0.1, 0.15) is 28.5 Å². The van der Waals surface area contributed by atoms with Crippen molar-refractivity contribution in [2.45, 2.75) is 32.1 Å².